The summed E-state index contributed by atoms with van der Waals surface area (Å²) in [6, 6.07) is 13.0. The molecule has 2 aliphatic rings. The molecule has 1 atom stereocenters. The Hall–Kier alpha value is -3.39. The second kappa shape index (κ2) is 9.62. The Bertz CT molecular complexity index is 1060. The van der Waals surface area contributed by atoms with Gasteiger partial charge in [0.1, 0.15) is 6.04 Å². The number of likely N-dealkylation sites (N-methyl/N-ethyl adjacent to an activating group) is 1. The summed E-state index contributed by atoms with van der Waals surface area (Å²) in [4.78, 5) is 43.5. The Morgan fingerprint density at radius 1 is 1.09 bits per heavy atom. The number of hydrogen-bond donors (Lipinski definition) is 2. The Labute approximate surface area is 194 Å². The molecule has 1 saturated heterocycles. The number of carbonyl (C=O) groups is 3. The molecule has 0 spiro atoms. The molecule has 0 saturated carbocycles. The summed E-state index contributed by atoms with van der Waals surface area (Å²) in [5.41, 5.74) is 4.09. The van der Waals surface area contributed by atoms with Crippen LogP contribution in [0.4, 0.5) is 17.1 Å². The quantitative estimate of drug-likeness (QED) is 0.732. The molecule has 2 aromatic carbocycles. The maximum Gasteiger partial charge on any atom is 0.254 e. The Morgan fingerprint density at radius 3 is 2.55 bits per heavy atom. The smallest absolute Gasteiger partial charge is 0.254 e. The lowest BCUT2D eigenvalue weighted by atomic mass is 10.1. The molecular formula is C25H31N5O3. The predicted molar refractivity (Wildman–Crippen MR) is 130 cm³/mol. The van der Waals surface area contributed by atoms with Crippen molar-refractivity contribution in [1.82, 2.24) is 9.80 Å². The van der Waals surface area contributed by atoms with Crippen LogP contribution in [0, 0.1) is 0 Å². The van der Waals surface area contributed by atoms with E-state index in [1.807, 2.05) is 55.3 Å². The minimum absolute atomic E-state index is 0.0422. The zero-order valence-electron chi connectivity index (χ0n) is 19.4. The third-order valence-electron chi connectivity index (χ3n) is 6.54. The number of piperazine rings is 1. The van der Waals surface area contributed by atoms with Crippen molar-refractivity contribution in [3.63, 3.8) is 0 Å². The van der Waals surface area contributed by atoms with Crippen LogP contribution in [-0.4, -0.2) is 73.3 Å². The molecule has 33 heavy (non-hydrogen) atoms. The number of nitrogens with one attached hydrogen (secondary N) is 2. The fourth-order valence-corrected chi connectivity index (χ4v) is 4.33. The summed E-state index contributed by atoms with van der Waals surface area (Å²) in [6.07, 6.45) is 0.860. The highest BCUT2D eigenvalue weighted by Crippen LogP contribution is 2.32. The molecule has 4 rings (SSSR count). The topological polar surface area (TPSA) is 85.0 Å². The van der Waals surface area contributed by atoms with E-state index in [-0.39, 0.29) is 23.8 Å². The van der Waals surface area contributed by atoms with Crippen LogP contribution in [0.1, 0.15) is 29.8 Å². The third-order valence-corrected chi connectivity index (χ3v) is 6.54. The van der Waals surface area contributed by atoms with E-state index < -0.39 is 0 Å². The zero-order valence-corrected chi connectivity index (χ0v) is 19.4. The first-order valence-corrected chi connectivity index (χ1v) is 11.4. The van der Waals surface area contributed by atoms with Gasteiger partial charge in [-0.3, -0.25) is 19.3 Å². The second-order valence-electron chi connectivity index (χ2n) is 8.64. The lowest BCUT2D eigenvalue weighted by molar-refractivity contribution is -0.118. The summed E-state index contributed by atoms with van der Waals surface area (Å²) in [7, 11) is 1.87. The first kappa shape index (κ1) is 22.8. The molecule has 1 fully saturated rings. The molecule has 0 bridgehead atoms. The summed E-state index contributed by atoms with van der Waals surface area (Å²) in [6.45, 7) is 6.59. The highest BCUT2D eigenvalue weighted by Gasteiger charge is 2.29. The highest BCUT2D eigenvalue weighted by atomic mass is 16.2. The van der Waals surface area contributed by atoms with E-state index in [1.165, 1.54) is 0 Å². The van der Waals surface area contributed by atoms with Crippen LogP contribution in [0.5, 0.6) is 0 Å². The number of aryl methyl sites for hydroxylation is 1. The average Bonchev–Trinajstić information content (AvgIpc) is 2.82. The molecule has 2 heterocycles. The van der Waals surface area contributed by atoms with Crippen LogP contribution in [0.3, 0.4) is 0 Å². The number of rotatable bonds is 5. The van der Waals surface area contributed by atoms with E-state index in [0.717, 1.165) is 23.4 Å². The van der Waals surface area contributed by atoms with Gasteiger partial charge in [0.15, 0.2) is 0 Å². The highest BCUT2D eigenvalue weighted by molar-refractivity contribution is 6.05. The van der Waals surface area contributed by atoms with Crippen molar-refractivity contribution < 1.29 is 14.4 Å². The van der Waals surface area contributed by atoms with Crippen molar-refractivity contribution in [2.75, 3.05) is 55.3 Å². The van der Waals surface area contributed by atoms with Gasteiger partial charge in [0, 0.05) is 44.5 Å². The number of fused-ring (bicyclic) bond motifs is 1. The van der Waals surface area contributed by atoms with Crippen LogP contribution < -0.4 is 15.5 Å². The maximum absolute atomic E-state index is 13.1. The Kier molecular flexibility index (Phi) is 6.65. The number of anilines is 3. The van der Waals surface area contributed by atoms with Crippen LogP contribution in [0.2, 0.25) is 0 Å². The van der Waals surface area contributed by atoms with Crippen molar-refractivity contribution in [2.24, 2.45) is 0 Å². The molecule has 0 radical (unpaired) electrons. The molecule has 1 unspecified atom stereocenters. The molecule has 2 aliphatic heterocycles. The maximum atomic E-state index is 13.1. The monoisotopic (exact) mass is 449 g/mol. The molecule has 2 aromatic rings. The number of hydrogen-bond acceptors (Lipinski definition) is 5. The van der Waals surface area contributed by atoms with Crippen molar-refractivity contribution in [2.45, 2.75) is 26.3 Å². The Balaban J connectivity index is 1.33. The van der Waals surface area contributed by atoms with Gasteiger partial charge in [-0.15, -0.1) is 0 Å². The third kappa shape index (κ3) is 4.85. The van der Waals surface area contributed by atoms with Crippen LogP contribution >= 0.6 is 0 Å². The van der Waals surface area contributed by atoms with Gasteiger partial charge < -0.3 is 20.4 Å². The van der Waals surface area contributed by atoms with E-state index in [0.29, 0.717) is 44.0 Å². The van der Waals surface area contributed by atoms with Gasteiger partial charge in [-0.1, -0.05) is 25.1 Å². The largest absolute Gasteiger partial charge is 0.361 e. The van der Waals surface area contributed by atoms with Gasteiger partial charge in [-0.2, -0.15) is 0 Å². The molecule has 8 heteroatoms. The van der Waals surface area contributed by atoms with E-state index in [1.54, 1.807) is 11.0 Å². The van der Waals surface area contributed by atoms with Gasteiger partial charge in [-0.25, -0.2) is 0 Å². The molecule has 3 amide bonds. The van der Waals surface area contributed by atoms with Gasteiger partial charge in [0.05, 0.1) is 17.9 Å². The van der Waals surface area contributed by atoms with Crippen molar-refractivity contribution in [3.8, 4) is 0 Å². The summed E-state index contributed by atoms with van der Waals surface area (Å²) >= 11 is 0. The normalized spacial score (nSPS) is 18.5. The summed E-state index contributed by atoms with van der Waals surface area (Å²) in [5.74, 6) is -0.184. The number of nitrogens with zero attached hydrogens (tertiary/aromatic N) is 3. The molecule has 2 N–H and O–H groups in total. The molecular weight excluding hydrogens is 418 g/mol. The standard InChI is InChI=1S/C25H31N5O3/c1-4-18-7-5-6-8-20(18)26-23(31)16-29-11-13-30(14-12-29)25(33)19-9-10-22-21(15-19)27-24(32)17(2)28(22)3/h5-10,15,17H,4,11-14,16H2,1-3H3,(H,26,31)(H,27,32). The van der Waals surface area contributed by atoms with Crippen molar-refractivity contribution >= 4 is 34.8 Å². The van der Waals surface area contributed by atoms with Crippen LogP contribution in [-0.2, 0) is 16.0 Å². The summed E-state index contributed by atoms with van der Waals surface area (Å²) in [5, 5.41) is 5.90. The van der Waals surface area contributed by atoms with Gasteiger partial charge >= 0.3 is 0 Å². The van der Waals surface area contributed by atoms with Gasteiger partial charge in [0.25, 0.3) is 5.91 Å². The molecule has 0 aliphatic carbocycles. The van der Waals surface area contributed by atoms with Gasteiger partial charge in [0.2, 0.25) is 11.8 Å². The minimum Gasteiger partial charge on any atom is -0.361 e. The van der Waals surface area contributed by atoms with Crippen molar-refractivity contribution in [1.29, 1.82) is 0 Å². The number of para-hydroxylation sites is 1. The first-order valence-electron chi connectivity index (χ1n) is 11.4. The van der Waals surface area contributed by atoms with E-state index in [2.05, 4.69) is 22.5 Å². The molecule has 8 nitrogen and oxygen atoms in total. The van der Waals surface area contributed by atoms with Crippen LogP contribution in [0.15, 0.2) is 42.5 Å². The lowest BCUT2D eigenvalue weighted by Crippen LogP contribution is -2.50. The van der Waals surface area contributed by atoms with E-state index in [4.69, 9.17) is 0 Å². The van der Waals surface area contributed by atoms with Crippen molar-refractivity contribution in [3.05, 3.63) is 53.6 Å². The fourth-order valence-electron chi connectivity index (χ4n) is 4.33. The summed E-state index contributed by atoms with van der Waals surface area (Å²) < 4.78 is 0. The van der Waals surface area contributed by atoms with E-state index >= 15 is 0 Å². The lowest BCUT2D eigenvalue weighted by Gasteiger charge is -2.35. The van der Waals surface area contributed by atoms with E-state index in [9.17, 15) is 14.4 Å². The Morgan fingerprint density at radius 2 is 1.82 bits per heavy atom. The second-order valence-corrected chi connectivity index (χ2v) is 8.64. The van der Waals surface area contributed by atoms with Crippen LogP contribution in [0.25, 0.3) is 0 Å². The minimum atomic E-state index is -0.250. The number of benzene rings is 2. The first-order chi connectivity index (χ1) is 15.9. The fraction of sp³-hybridized carbons (Fsp3) is 0.400. The zero-order chi connectivity index (χ0) is 23.5. The average molecular weight is 450 g/mol. The SMILES string of the molecule is CCc1ccccc1NC(=O)CN1CCN(C(=O)c2ccc3c(c2)NC(=O)C(C)N3C)CC1. The predicted octanol–water partition coefficient (Wildman–Crippen LogP) is 2.42. The van der Waals surface area contributed by atoms with Gasteiger partial charge in [-0.05, 0) is 43.2 Å². The molecule has 174 valence electrons. The molecule has 0 aromatic heterocycles. The number of carbonyl (C=O) groups excluding carboxylic acids is 3. The number of amides is 3.